The number of carbonyl (C=O) groups excluding carboxylic acids is 1. The highest BCUT2D eigenvalue weighted by Crippen LogP contribution is 2.36. The second kappa shape index (κ2) is 7.13. The third-order valence-corrected chi connectivity index (χ3v) is 3.56. The molecule has 2 aromatic rings. The molecule has 0 heterocycles. The number of aryl methyl sites for hydroxylation is 2. The Morgan fingerprint density at radius 2 is 1.67 bits per heavy atom. The summed E-state index contributed by atoms with van der Waals surface area (Å²) >= 11 is 5.54. The van der Waals surface area contributed by atoms with Gasteiger partial charge in [-0.05, 0) is 55.3 Å². The fraction of sp³-hybridized carbons (Fsp3) is 0.235. The molecule has 128 valence electrons. The average molecular weight is 357 g/mol. The van der Waals surface area contributed by atoms with Crippen LogP contribution in [0.5, 0.6) is 0 Å². The van der Waals surface area contributed by atoms with E-state index in [-0.39, 0.29) is 12.2 Å². The summed E-state index contributed by atoms with van der Waals surface area (Å²) in [7, 11) is 0. The number of hydrogen-bond donors (Lipinski definition) is 2. The quantitative estimate of drug-likeness (QED) is 0.807. The minimum atomic E-state index is -4.57. The molecule has 2 rings (SSSR count). The zero-order chi connectivity index (χ0) is 17.9. The molecule has 24 heavy (non-hydrogen) atoms. The van der Waals surface area contributed by atoms with Gasteiger partial charge >= 0.3 is 6.18 Å². The number of carbonyl (C=O) groups is 1. The molecule has 0 aromatic heterocycles. The van der Waals surface area contributed by atoms with E-state index in [4.69, 9.17) is 11.6 Å². The third-order valence-electron chi connectivity index (χ3n) is 3.23. The van der Waals surface area contributed by atoms with E-state index in [2.05, 4.69) is 10.6 Å². The molecule has 7 heteroatoms. The molecule has 0 saturated carbocycles. The number of hydrogen-bond acceptors (Lipinski definition) is 2. The van der Waals surface area contributed by atoms with Crippen LogP contribution in [0.25, 0.3) is 0 Å². The van der Waals surface area contributed by atoms with E-state index in [0.29, 0.717) is 0 Å². The number of alkyl halides is 3. The first-order chi connectivity index (χ1) is 11.1. The van der Waals surface area contributed by atoms with Gasteiger partial charge in [0.15, 0.2) is 0 Å². The summed E-state index contributed by atoms with van der Waals surface area (Å²) in [5.41, 5.74) is 1.92. The van der Waals surface area contributed by atoms with E-state index in [1.54, 1.807) is 0 Å². The van der Waals surface area contributed by atoms with Crippen molar-refractivity contribution in [3.63, 3.8) is 0 Å². The molecule has 0 saturated heterocycles. The minimum absolute atomic E-state index is 0.0407. The standard InChI is InChI=1S/C17H16ClF3N2O/c1-10-5-11(2)7-13(6-10)22-9-16(24)23-12-3-4-15(18)14(8-12)17(19,20)21/h3-8,22H,9H2,1-2H3,(H,23,24). The van der Waals surface area contributed by atoms with Crippen molar-refractivity contribution < 1.29 is 18.0 Å². The van der Waals surface area contributed by atoms with Crippen LogP contribution >= 0.6 is 11.6 Å². The summed E-state index contributed by atoms with van der Waals surface area (Å²) in [4.78, 5) is 11.9. The van der Waals surface area contributed by atoms with Crippen molar-refractivity contribution >= 4 is 28.9 Å². The summed E-state index contributed by atoms with van der Waals surface area (Å²) < 4.78 is 38.4. The lowest BCUT2D eigenvalue weighted by Crippen LogP contribution is -2.22. The lowest BCUT2D eigenvalue weighted by molar-refractivity contribution is -0.137. The maximum atomic E-state index is 12.8. The molecule has 3 nitrogen and oxygen atoms in total. The maximum absolute atomic E-state index is 12.8. The molecule has 0 atom stereocenters. The Kier molecular flexibility index (Phi) is 5.39. The topological polar surface area (TPSA) is 41.1 Å². The molecule has 0 spiro atoms. The van der Waals surface area contributed by atoms with Gasteiger partial charge in [0.25, 0.3) is 0 Å². The third kappa shape index (κ3) is 4.89. The van der Waals surface area contributed by atoms with E-state index < -0.39 is 22.7 Å². The maximum Gasteiger partial charge on any atom is 0.417 e. The van der Waals surface area contributed by atoms with Crippen LogP contribution in [0.2, 0.25) is 5.02 Å². The molecule has 0 bridgehead atoms. The number of rotatable bonds is 4. The first kappa shape index (κ1) is 18.1. The van der Waals surface area contributed by atoms with Gasteiger partial charge in [-0.2, -0.15) is 13.2 Å². The number of nitrogens with one attached hydrogen (secondary N) is 2. The zero-order valence-electron chi connectivity index (χ0n) is 13.1. The van der Waals surface area contributed by atoms with Crippen molar-refractivity contribution in [3.05, 3.63) is 58.1 Å². The van der Waals surface area contributed by atoms with Gasteiger partial charge in [-0.15, -0.1) is 0 Å². The van der Waals surface area contributed by atoms with Gasteiger partial charge in [0.2, 0.25) is 5.91 Å². The summed E-state index contributed by atoms with van der Waals surface area (Å²) in [6, 6.07) is 9.01. The Hall–Kier alpha value is -2.21. The number of anilines is 2. The van der Waals surface area contributed by atoms with Crippen LogP contribution in [0.4, 0.5) is 24.5 Å². The Bertz CT molecular complexity index is 740. The lowest BCUT2D eigenvalue weighted by Gasteiger charge is -2.12. The number of halogens is 4. The fourth-order valence-electron chi connectivity index (χ4n) is 2.28. The predicted molar refractivity (Wildman–Crippen MR) is 89.5 cm³/mol. The first-order valence-electron chi connectivity index (χ1n) is 7.14. The van der Waals surface area contributed by atoms with E-state index in [1.165, 1.54) is 6.07 Å². The molecule has 0 aliphatic heterocycles. The molecule has 2 aromatic carbocycles. The Morgan fingerprint density at radius 1 is 1.04 bits per heavy atom. The lowest BCUT2D eigenvalue weighted by atomic mass is 10.1. The highest BCUT2D eigenvalue weighted by molar-refractivity contribution is 6.31. The van der Waals surface area contributed by atoms with Crippen molar-refractivity contribution in [1.82, 2.24) is 0 Å². The molecule has 0 aliphatic carbocycles. The molecule has 1 amide bonds. The Labute approximate surface area is 142 Å². The van der Waals surface area contributed by atoms with Gasteiger partial charge in [-0.1, -0.05) is 17.7 Å². The van der Waals surface area contributed by atoms with Gasteiger partial charge < -0.3 is 10.6 Å². The first-order valence-corrected chi connectivity index (χ1v) is 7.52. The second-order valence-electron chi connectivity index (χ2n) is 5.47. The minimum Gasteiger partial charge on any atom is -0.376 e. The van der Waals surface area contributed by atoms with Gasteiger partial charge in [0.05, 0.1) is 17.1 Å². The van der Waals surface area contributed by atoms with Gasteiger partial charge in [0.1, 0.15) is 0 Å². The summed E-state index contributed by atoms with van der Waals surface area (Å²) in [5, 5.41) is 4.95. The average Bonchev–Trinajstić information content (AvgIpc) is 2.45. The van der Waals surface area contributed by atoms with Crippen LogP contribution in [0.3, 0.4) is 0 Å². The highest BCUT2D eigenvalue weighted by Gasteiger charge is 2.33. The summed E-state index contributed by atoms with van der Waals surface area (Å²) in [6.07, 6.45) is -4.57. The molecule has 0 radical (unpaired) electrons. The largest absolute Gasteiger partial charge is 0.417 e. The van der Waals surface area contributed by atoms with Crippen LogP contribution < -0.4 is 10.6 Å². The van der Waals surface area contributed by atoms with E-state index >= 15 is 0 Å². The monoisotopic (exact) mass is 356 g/mol. The fourth-order valence-corrected chi connectivity index (χ4v) is 2.51. The highest BCUT2D eigenvalue weighted by atomic mass is 35.5. The van der Waals surface area contributed by atoms with Crippen LogP contribution in [0.1, 0.15) is 16.7 Å². The van der Waals surface area contributed by atoms with E-state index in [9.17, 15) is 18.0 Å². The van der Waals surface area contributed by atoms with Crippen molar-refractivity contribution in [2.75, 3.05) is 17.2 Å². The Balaban J connectivity index is 2.02. The zero-order valence-corrected chi connectivity index (χ0v) is 13.8. The second-order valence-corrected chi connectivity index (χ2v) is 5.88. The van der Waals surface area contributed by atoms with Crippen molar-refractivity contribution in [3.8, 4) is 0 Å². The molecular weight excluding hydrogens is 341 g/mol. The van der Waals surface area contributed by atoms with Gasteiger partial charge in [0, 0.05) is 11.4 Å². The summed E-state index contributed by atoms with van der Waals surface area (Å²) in [6.45, 7) is 3.81. The van der Waals surface area contributed by atoms with E-state index in [1.807, 2.05) is 32.0 Å². The predicted octanol–water partition coefficient (Wildman–Crippen LogP) is 5.03. The molecule has 0 unspecified atom stereocenters. The van der Waals surface area contributed by atoms with Gasteiger partial charge in [-0.25, -0.2) is 0 Å². The van der Waals surface area contributed by atoms with Crippen LogP contribution in [0.15, 0.2) is 36.4 Å². The van der Waals surface area contributed by atoms with Crippen LogP contribution in [0, 0.1) is 13.8 Å². The smallest absolute Gasteiger partial charge is 0.376 e. The Morgan fingerprint density at radius 3 is 2.25 bits per heavy atom. The van der Waals surface area contributed by atoms with Gasteiger partial charge in [-0.3, -0.25) is 4.79 Å². The normalized spacial score (nSPS) is 11.2. The molecule has 2 N–H and O–H groups in total. The van der Waals surface area contributed by atoms with Crippen molar-refractivity contribution in [1.29, 1.82) is 0 Å². The van der Waals surface area contributed by atoms with Crippen molar-refractivity contribution in [2.24, 2.45) is 0 Å². The molecule has 0 aliphatic rings. The molecule has 0 fully saturated rings. The molecular formula is C17H16ClF3N2O. The van der Waals surface area contributed by atoms with Crippen LogP contribution in [-0.2, 0) is 11.0 Å². The summed E-state index contributed by atoms with van der Waals surface area (Å²) in [5.74, 6) is -0.454. The van der Waals surface area contributed by atoms with Crippen LogP contribution in [-0.4, -0.2) is 12.5 Å². The number of benzene rings is 2. The SMILES string of the molecule is Cc1cc(C)cc(NCC(=O)Nc2ccc(Cl)c(C(F)(F)F)c2)c1. The van der Waals surface area contributed by atoms with Crippen molar-refractivity contribution in [2.45, 2.75) is 20.0 Å². The van der Waals surface area contributed by atoms with E-state index in [0.717, 1.165) is 28.9 Å². The number of amides is 1.